The van der Waals surface area contributed by atoms with E-state index < -0.39 is 0 Å². The predicted octanol–water partition coefficient (Wildman–Crippen LogP) is 2.47. The molecule has 0 unspecified atom stereocenters. The van der Waals surface area contributed by atoms with Crippen LogP contribution in [0.3, 0.4) is 0 Å². The molecular weight excluding hydrogens is 212 g/mol. The summed E-state index contributed by atoms with van der Waals surface area (Å²) in [7, 11) is 0. The molecule has 0 saturated carbocycles. The second-order valence-electron chi connectivity index (χ2n) is 4.46. The van der Waals surface area contributed by atoms with Crippen LogP contribution in [0.2, 0.25) is 0 Å². The van der Waals surface area contributed by atoms with Gasteiger partial charge in [-0.25, -0.2) is 0 Å². The first-order valence-electron chi connectivity index (χ1n) is 5.64. The summed E-state index contributed by atoms with van der Waals surface area (Å²) in [6.45, 7) is 7.76. The van der Waals surface area contributed by atoms with E-state index in [1.165, 1.54) is 10.2 Å². The summed E-state index contributed by atoms with van der Waals surface area (Å²) in [6.07, 6.45) is 1.73. The summed E-state index contributed by atoms with van der Waals surface area (Å²) in [5, 5.41) is 4.20. The molecule has 3 nitrogen and oxygen atoms in total. The summed E-state index contributed by atoms with van der Waals surface area (Å²) in [4.78, 5) is 12.1. The lowest BCUT2D eigenvalue weighted by atomic mass is 10.1. The van der Waals surface area contributed by atoms with Gasteiger partial charge in [0.15, 0.2) is 0 Å². The van der Waals surface area contributed by atoms with Gasteiger partial charge in [-0.05, 0) is 44.9 Å². The summed E-state index contributed by atoms with van der Waals surface area (Å²) >= 11 is 0. The van der Waals surface area contributed by atoms with Crippen molar-refractivity contribution in [1.82, 2.24) is 9.78 Å². The Morgan fingerprint density at radius 2 is 1.76 bits per heavy atom. The molecule has 0 aliphatic carbocycles. The molecule has 0 radical (unpaired) electrons. The van der Waals surface area contributed by atoms with Crippen LogP contribution < -0.4 is 5.56 Å². The third-order valence-electron chi connectivity index (χ3n) is 3.05. The number of rotatable bonds is 1. The number of benzene rings is 1. The lowest BCUT2D eigenvalue weighted by molar-refractivity contribution is 0.784. The Morgan fingerprint density at radius 1 is 1.06 bits per heavy atom. The van der Waals surface area contributed by atoms with E-state index >= 15 is 0 Å². The van der Waals surface area contributed by atoms with Gasteiger partial charge in [-0.2, -0.15) is 9.78 Å². The monoisotopic (exact) mass is 228 g/mol. The van der Waals surface area contributed by atoms with Crippen LogP contribution in [0.25, 0.3) is 5.69 Å². The summed E-state index contributed by atoms with van der Waals surface area (Å²) in [5.74, 6) is 0. The Kier molecular flexibility index (Phi) is 2.84. The lowest BCUT2D eigenvalue weighted by Crippen LogP contribution is -2.24. The molecule has 1 heterocycles. The molecule has 0 aliphatic rings. The van der Waals surface area contributed by atoms with E-state index in [9.17, 15) is 4.79 Å². The molecule has 0 saturated heterocycles. The first-order chi connectivity index (χ1) is 8.00. The maximum absolute atomic E-state index is 12.1. The van der Waals surface area contributed by atoms with E-state index in [1.807, 2.05) is 39.8 Å². The van der Waals surface area contributed by atoms with Crippen molar-refractivity contribution in [3.8, 4) is 5.69 Å². The predicted molar refractivity (Wildman–Crippen MR) is 68.8 cm³/mol. The third-order valence-corrected chi connectivity index (χ3v) is 3.05. The highest BCUT2D eigenvalue weighted by atomic mass is 16.1. The van der Waals surface area contributed by atoms with Crippen LogP contribution >= 0.6 is 0 Å². The molecule has 17 heavy (non-hydrogen) atoms. The first-order valence-corrected chi connectivity index (χ1v) is 5.64. The molecule has 2 rings (SSSR count). The minimum absolute atomic E-state index is 0.0445. The zero-order chi connectivity index (χ0) is 12.6. The maximum atomic E-state index is 12.1. The average Bonchev–Trinajstić information content (AvgIpc) is 2.28. The Bertz CT molecular complexity index is 627. The minimum Gasteiger partial charge on any atom is -0.267 e. The molecule has 0 amide bonds. The Balaban J connectivity index is 2.70. The van der Waals surface area contributed by atoms with Crippen molar-refractivity contribution in [3.63, 3.8) is 0 Å². The van der Waals surface area contributed by atoms with Crippen LogP contribution in [0, 0.1) is 27.7 Å². The van der Waals surface area contributed by atoms with Crippen LogP contribution in [0.1, 0.15) is 22.3 Å². The molecule has 0 N–H and O–H groups in total. The normalized spacial score (nSPS) is 10.6. The number of aryl methyl sites for hydroxylation is 3. The van der Waals surface area contributed by atoms with Crippen molar-refractivity contribution in [1.29, 1.82) is 0 Å². The number of aromatic nitrogens is 2. The highest BCUT2D eigenvalue weighted by Gasteiger charge is 2.08. The van der Waals surface area contributed by atoms with E-state index in [0.29, 0.717) is 0 Å². The highest BCUT2D eigenvalue weighted by molar-refractivity contribution is 5.42. The van der Waals surface area contributed by atoms with Gasteiger partial charge in [0.25, 0.3) is 5.56 Å². The van der Waals surface area contributed by atoms with E-state index in [1.54, 1.807) is 6.20 Å². The Morgan fingerprint density at radius 3 is 2.41 bits per heavy atom. The fourth-order valence-electron chi connectivity index (χ4n) is 1.84. The molecule has 0 atom stereocenters. The molecule has 0 aliphatic heterocycles. The van der Waals surface area contributed by atoms with Crippen molar-refractivity contribution in [2.24, 2.45) is 0 Å². The van der Waals surface area contributed by atoms with Crippen LogP contribution in [-0.2, 0) is 0 Å². The molecule has 0 spiro atoms. The minimum atomic E-state index is -0.0445. The fraction of sp³-hybridized carbons (Fsp3) is 0.286. The second-order valence-corrected chi connectivity index (χ2v) is 4.46. The van der Waals surface area contributed by atoms with Crippen LogP contribution in [0.4, 0.5) is 0 Å². The topological polar surface area (TPSA) is 34.9 Å². The van der Waals surface area contributed by atoms with Crippen molar-refractivity contribution in [3.05, 3.63) is 57.0 Å². The van der Waals surface area contributed by atoms with Crippen molar-refractivity contribution < 1.29 is 0 Å². The van der Waals surface area contributed by atoms with Crippen molar-refractivity contribution >= 4 is 0 Å². The van der Waals surface area contributed by atoms with Gasteiger partial charge in [-0.15, -0.1) is 0 Å². The summed E-state index contributed by atoms with van der Waals surface area (Å²) < 4.78 is 1.47. The Hall–Kier alpha value is -1.90. The molecule has 3 heteroatoms. The quantitative estimate of drug-likeness (QED) is 0.751. The summed E-state index contributed by atoms with van der Waals surface area (Å²) in [6, 6.07) is 5.98. The molecular formula is C14H16N2O. The molecule has 0 fully saturated rings. The van der Waals surface area contributed by atoms with Gasteiger partial charge >= 0.3 is 0 Å². The van der Waals surface area contributed by atoms with Gasteiger partial charge in [-0.3, -0.25) is 4.79 Å². The third kappa shape index (κ3) is 2.00. The highest BCUT2D eigenvalue weighted by Crippen LogP contribution is 2.13. The van der Waals surface area contributed by atoms with Crippen LogP contribution in [-0.4, -0.2) is 9.78 Å². The first kappa shape index (κ1) is 11.6. The molecule has 2 aromatic rings. The smallest absolute Gasteiger partial charge is 0.267 e. The van der Waals surface area contributed by atoms with Gasteiger partial charge < -0.3 is 0 Å². The molecule has 1 aromatic carbocycles. The van der Waals surface area contributed by atoms with Gasteiger partial charge in [0.05, 0.1) is 11.9 Å². The Labute approximate surface area is 101 Å². The lowest BCUT2D eigenvalue weighted by Gasteiger charge is -2.10. The van der Waals surface area contributed by atoms with Gasteiger partial charge in [0, 0.05) is 5.56 Å². The molecule has 1 aromatic heterocycles. The van der Waals surface area contributed by atoms with E-state index in [4.69, 9.17) is 0 Å². The maximum Gasteiger partial charge on any atom is 0.274 e. The zero-order valence-electron chi connectivity index (χ0n) is 10.6. The van der Waals surface area contributed by atoms with E-state index in [-0.39, 0.29) is 5.56 Å². The average molecular weight is 228 g/mol. The van der Waals surface area contributed by atoms with Crippen LogP contribution in [0.15, 0.2) is 29.2 Å². The summed E-state index contributed by atoms with van der Waals surface area (Å²) in [5.41, 5.74) is 4.72. The standard InChI is InChI=1S/C14H16N2O/c1-9-5-6-13(10(2)7-9)16-14(17)12(4)11(3)8-15-16/h5-8H,1-4H3. The SMILES string of the molecule is Cc1ccc(-n2ncc(C)c(C)c2=O)c(C)c1. The van der Waals surface area contributed by atoms with E-state index in [0.717, 1.165) is 22.4 Å². The van der Waals surface area contributed by atoms with Crippen molar-refractivity contribution in [2.45, 2.75) is 27.7 Å². The number of hydrogen-bond acceptors (Lipinski definition) is 2. The fourth-order valence-corrected chi connectivity index (χ4v) is 1.84. The number of nitrogens with zero attached hydrogens (tertiary/aromatic N) is 2. The van der Waals surface area contributed by atoms with Crippen molar-refractivity contribution in [2.75, 3.05) is 0 Å². The van der Waals surface area contributed by atoms with Gasteiger partial charge in [-0.1, -0.05) is 17.7 Å². The molecule has 88 valence electrons. The number of hydrogen-bond donors (Lipinski definition) is 0. The second kappa shape index (κ2) is 4.17. The van der Waals surface area contributed by atoms with Crippen LogP contribution in [0.5, 0.6) is 0 Å². The molecule has 0 bridgehead atoms. The largest absolute Gasteiger partial charge is 0.274 e. The van der Waals surface area contributed by atoms with E-state index in [2.05, 4.69) is 11.2 Å². The van der Waals surface area contributed by atoms with Gasteiger partial charge in [0.2, 0.25) is 0 Å². The zero-order valence-corrected chi connectivity index (χ0v) is 10.6. The van der Waals surface area contributed by atoms with Gasteiger partial charge in [0.1, 0.15) is 0 Å².